The van der Waals surface area contributed by atoms with E-state index >= 15 is 0 Å². The van der Waals surface area contributed by atoms with Crippen molar-refractivity contribution in [2.24, 2.45) is 5.92 Å². The minimum absolute atomic E-state index is 0.0819. The van der Waals surface area contributed by atoms with E-state index in [0.717, 1.165) is 0 Å². The number of amides is 2. The number of rotatable bonds is 7. The van der Waals surface area contributed by atoms with Crippen LogP contribution in [0.4, 0.5) is 10.1 Å². The van der Waals surface area contributed by atoms with Crippen molar-refractivity contribution < 1.29 is 18.7 Å². The predicted molar refractivity (Wildman–Crippen MR) is 98.7 cm³/mol. The summed E-state index contributed by atoms with van der Waals surface area (Å²) < 4.78 is 19.1. The fraction of sp³-hybridized carbons (Fsp3) is 0.300. The Kier molecular flexibility index (Phi) is 6.72. The van der Waals surface area contributed by atoms with Crippen molar-refractivity contribution in [1.29, 1.82) is 0 Å². The maximum atomic E-state index is 13.7. The molecule has 0 aliphatic rings. The zero-order chi connectivity index (χ0) is 19.1. The molecule has 0 heterocycles. The van der Waals surface area contributed by atoms with E-state index in [2.05, 4.69) is 10.6 Å². The zero-order valence-corrected chi connectivity index (χ0v) is 15.1. The molecule has 2 rings (SSSR count). The third-order valence-corrected chi connectivity index (χ3v) is 3.79. The average molecular weight is 358 g/mol. The van der Waals surface area contributed by atoms with Gasteiger partial charge in [-0.1, -0.05) is 26.0 Å². The van der Waals surface area contributed by atoms with Crippen LogP contribution in [0.15, 0.2) is 48.5 Å². The Morgan fingerprint density at radius 1 is 1.08 bits per heavy atom. The summed E-state index contributed by atoms with van der Waals surface area (Å²) in [4.78, 5) is 24.9. The van der Waals surface area contributed by atoms with Crippen LogP contribution in [0.1, 0.15) is 31.1 Å². The monoisotopic (exact) mass is 358 g/mol. The molecule has 0 bridgehead atoms. The van der Waals surface area contributed by atoms with Gasteiger partial charge in [-0.15, -0.1) is 0 Å². The van der Waals surface area contributed by atoms with Gasteiger partial charge in [0.1, 0.15) is 17.6 Å². The minimum Gasteiger partial charge on any atom is -0.494 e. The standard InChI is InChI=1S/C20H23FN2O3/c1-4-26-15-11-9-14(10-12-15)19(24)23-18(13(2)3)20(25)22-17-8-6-5-7-16(17)21/h5-13,18H,4H2,1-3H3,(H,22,25)(H,23,24)/t18-/m0/s1. The highest BCUT2D eigenvalue weighted by atomic mass is 19.1. The number of anilines is 1. The number of para-hydroxylation sites is 1. The Labute approximate surface area is 152 Å². The molecule has 2 aromatic rings. The number of nitrogens with one attached hydrogen (secondary N) is 2. The summed E-state index contributed by atoms with van der Waals surface area (Å²) >= 11 is 0. The van der Waals surface area contributed by atoms with Crippen molar-refractivity contribution in [3.8, 4) is 5.75 Å². The van der Waals surface area contributed by atoms with Gasteiger partial charge in [0.15, 0.2) is 0 Å². The van der Waals surface area contributed by atoms with Crippen molar-refractivity contribution in [1.82, 2.24) is 5.32 Å². The van der Waals surface area contributed by atoms with Gasteiger partial charge in [-0.25, -0.2) is 4.39 Å². The summed E-state index contributed by atoms with van der Waals surface area (Å²) in [6.07, 6.45) is 0. The van der Waals surface area contributed by atoms with Crippen LogP contribution in [-0.2, 0) is 4.79 Å². The second-order valence-corrected chi connectivity index (χ2v) is 6.12. The molecule has 2 amide bonds. The number of benzene rings is 2. The maximum absolute atomic E-state index is 13.7. The average Bonchev–Trinajstić information content (AvgIpc) is 2.62. The van der Waals surface area contributed by atoms with Gasteiger partial charge < -0.3 is 15.4 Å². The fourth-order valence-electron chi connectivity index (χ4n) is 2.40. The van der Waals surface area contributed by atoms with Crippen molar-refractivity contribution in [3.05, 3.63) is 59.9 Å². The smallest absolute Gasteiger partial charge is 0.251 e. The van der Waals surface area contributed by atoms with Gasteiger partial charge in [0.25, 0.3) is 5.91 Å². The molecule has 0 saturated carbocycles. The molecule has 2 aromatic carbocycles. The number of hydrogen-bond donors (Lipinski definition) is 2. The summed E-state index contributed by atoms with van der Waals surface area (Å²) in [6, 6.07) is 11.8. The van der Waals surface area contributed by atoms with Crippen molar-refractivity contribution in [2.45, 2.75) is 26.8 Å². The van der Waals surface area contributed by atoms with Crippen LogP contribution in [0.2, 0.25) is 0 Å². The van der Waals surface area contributed by atoms with Crippen molar-refractivity contribution >= 4 is 17.5 Å². The van der Waals surface area contributed by atoms with E-state index < -0.39 is 17.8 Å². The first-order chi connectivity index (χ1) is 12.4. The van der Waals surface area contributed by atoms with Gasteiger partial charge in [0.2, 0.25) is 5.91 Å². The van der Waals surface area contributed by atoms with E-state index in [9.17, 15) is 14.0 Å². The lowest BCUT2D eigenvalue weighted by Crippen LogP contribution is -2.47. The molecule has 0 spiro atoms. The largest absolute Gasteiger partial charge is 0.494 e. The van der Waals surface area contributed by atoms with Crippen LogP contribution >= 0.6 is 0 Å². The van der Waals surface area contributed by atoms with E-state index in [1.54, 1.807) is 36.4 Å². The Morgan fingerprint density at radius 3 is 2.31 bits per heavy atom. The van der Waals surface area contributed by atoms with Gasteiger partial charge in [0, 0.05) is 5.56 Å². The Morgan fingerprint density at radius 2 is 1.73 bits per heavy atom. The highest BCUT2D eigenvalue weighted by Gasteiger charge is 2.25. The lowest BCUT2D eigenvalue weighted by molar-refractivity contribution is -0.118. The topological polar surface area (TPSA) is 67.4 Å². The quantitative estimate of drug-likeness (QED) is 0.794. The van der Waals surface area contributed by atoms with E-state index in [1.165, 1.54) is 12.1 Å². The van der Waals surface area contributed by atoms with Gasteiger partial charge in [-0.3, -0.25) is 9.59 Å². The highest BCUT2D eigenvalue weighted by molar-refractivity contribution is 6.01. The Balaban J connectivity index is 2.08. The number of ether oxygens (including phenoxy) is 1. The number of hydrogen-bond acceptors (Lipinski definition) is 3. The van der Waals surface area contributed by atoms with Gasteiger partial charge in [-0.05, 0) is 49.2 Å². The van der Waals surface area contributed by atoms with E-state index in [0.29, 0.717) is 17.9 Å². The molecular weight excluding hydrogens is 335 g/mol. The SMILES string of the molecule is CCOc1ccc(C(=O)N[C@H](C(=O)Nc2ccccc2F)C(C)C)cc1. The van der Waals surface area contributed by atoms with Crippen molar-refractivity contribution in [3.63, 3.8) is 0 Å². The molecule has 5 nitrogen and oxygen atoms in total. The molecule has 2 N–H and O–H groups in total. The summed E-state index contributed by atoms with van der Waals surface area (Å²) in [5.74, 6) is -0.879. The lowest BCUT2D eigenvalue weighted by atomic mass is 10.0. The molecule has 0 saturated heterocycles. The Hall–Kier alpha value is -2.89. The number of carbonyl (C=O) groups is 2. The molecule has 0 aliphatic carbocycles. The molecule has 138 valence electrons. The third-order valence-electron chi connectivity index (χ3n) is 3.79. The lowest BCUT2D eigenvalue weighted by Gasteiger charge is -2.22. The summed E-state index contributed by atoms with van der Waals surface area (Å²) in [5.41, 5.74) is 0.497. The highest BCUT2D eigenvalue weighted by Crippen LogP contribution is 2.15. The summed E-state index contributed by atoms with van der Waals surface area (Å²) in [6.45, 7) is 6.04. The molecule has 0 fully saturated rings. The molecule has 26 heavy (non-hydrogen) atoms. The molecule has 0 aromatic heterocycles. The first-order valence-electron chi connectivity index (χ1n) is 8.51. The summed E-state index contributed by atoms with van der Waals surface area (Å²) in [7, 11) is 0. The minimum atomic E-state index is -0.798. The van der Waals surface area contributed by atoms with Gasteiger partial charge in [-0.2, -0.15) is 0 Å². The molecule has 0 radical (unpaired) electrons. The van der Waals surface area contributed by atoms with E-state index in [1.807, 2.05) is 20.8 Å². The molecule has 1 atom stereocenters. The molecule has 0 unspecified atom stereocenters. The number of carbonyl (C=O) groups excluding carboxylic acids is 2. The van der Waals surface area contributed by atoms with Crippen LogP contribution in [0, 0.1) is 11.7 Å². The van der Waals surface area contributed by atoms with Crippen LogP contribution in [0.5, 0.6) is 5.75 Å². The second-order valence-electron chi connectivity index (χ2n) is 6.12. The fourth-order valence-corrected chi connectivity index (χ4v) is 2.40. The summed E-state index contributed by atoms with van der Waals surface area (Å²) in [5, 5.41) is 5.24. The van der Waals surface area contributed by atoms with Crippen LogP contribution < -0.4 is 15.4 Å². The van der Waals surface area contributed by atoms with Gasteiger partial charge >= 0.3 is 0 Å². The van der Waals surface area contributed by atoms with Crippen LogP contribution in [-0.4, -0.2) is 24.5 Å². The molecule has 0 aliphatic heterocycles. The molecular formula is C20H23FN2O3. The van der Waals surface area contributed by atoms with E-state index in [-0.39, 0.29) is 17.5 Å². The normalized spacial score (nSPS) is 11.7. The first-order valence-corrected chi connectivity index (χ1v) is 8.51. The van der Waals surface area contributed by atoms with Crippen LogP contribution in [0.25, 0.3) is 0 Å². The van der Waals surface area contributed by atoms with Crippen LogP contribution in [0.3, 0.4) is 0 Å². The maximum Gasteiger partial charge on any atom is 0.251 e. The number of halogens is 1. The van der Waals surface area contributed by atoms with Crippen molar-refractivity contribution in [2.75, 3.05) is 11.9 Å². The zero-order valence-electron chi connectivity index (χ0n) is 15.1. The Bertz CT molecular complexity index is 760. The van der Waals surface area contributed by atoms with E-state index in [4.69, 9.17) is 4.74 Å². The second kappa shape index (κ2) is 8.99. The predicted octanol–water partition coefficient (Wildman–Crippen LogP) is 3.62. The third kappa shape index (κ3) is 5.05. The van der Waals surface area contributed by atoms with Gasteiger partial charge in [0.05, 0.1) is 12.3 Å². The molecule has 6 heteroatoms. The first kappa shape index (κ1) is 19.4.